The van der Waals surface area contributed by atoms with E-state index in [0.717, 1.165) is 11.3 Å². The summed E-state index contributed by atoms with van der Waals surface area (Å²) in [5, 5.41) is 11.3. The highest BCUT2D eigenvalue weighted by molar-refractivity contribution is 7.18. The predicted octanol–water partition coefficient (Wildman–Crippen LogP) is 2.75. The summed E-state index contributed by atoms with van der Waals surface area (Å²) in [5.41, 5.74) is 0.459. The number of anilines is 1. The van der Waals surface area contributed by atoms with Gasteiger partial charge in [0, 0.05) is 5.56 Å². The molecule has 7 heteroatoms. The highest BCUT2D eigenvalue weighted by Crippen LogP contribution is 2.27. The van der Waals surface area contributed by atoms with Gasteiger partial charge in [-0.2, -0.15) is 0 Å². The maximum absolute atomic E-state index is 11.8. The lowest BCUT2D eigenvalue weighted by molar-refractivity contribution is 0.0702. The van der Waals surface area contributed by atoms with Crippen LogP contribution >= 0.6 is 22.9 Å². The zero-order valence-electron chi connectivity index (χ0n) is 8.88. The summed E-state index contributed by atoms with van der Waals surface area (Å²) in [6, 6.07) is 8.53. The molecule has 0 spiro atoms. The molecule has 0 bridgehead atoms. The van der Waals surface area contributed by atoms with Crippen molar-refractivity contribution in [3.63, 3.8) is 0 Å². The van der Waals surface area contributed by atoms with E-state index in [4.69, 9.17) is 16.7 Å². The molecule has 18 heavy (non-hydrogen) atoms. The molecule has 0 unspecified atom stereocenters. The molecule has 2 rings (SSSR count). The Labute approximate surface area is 111 Å². The van der Waals surface area contributed by atoms with Crippen LogP contribution in [0.15, 0.2) is 30.3 Å². The minimum absolute atomic E-state index is 0.0972. The van der Waals surface area contributed by atoms with E-state index in [9.17, 15) is 9.59 Å². The maximum Gasteiger partial charge on any atom is 0.349 e. The van der Waals surface area contributed by atoms with E-state index in [-0.39, 0.29) is 21.1 Å². The highest BCUT2D eigenvalue weighted by Gasteiger charge is 2.17. The van der Waals surface area contributed by atoms with Gasteiger partial charge in [-0.1, -0.05) is 41.1 Å². The highest BCUT2D eigenvalue weighted by atomic mass is 35.5. The SMILES string of the molecule is O=C(Nc1nc(Cl)c(C(=O)O)s1)c1ccccc1. The van der Waals surface area contributed by atoms with Crippen LogP contribution in [0.4, 0.5) is 5.13 Å². The standard InChI is InChI=1S/C11H7ClN2O3S/c12-8-7(10(16)17)18-11(13-8)14-9(15)6-4-2-1-3-5-6/h1-5H,(H,16,17)(H,13,14,15). The number of carbonyl (C=O) groups excluding carboxylic acids is 1. The van der Waals surface area contributed by atoms with Crippen LogP contribution < -0.4 is 5.32 Å². The zero-order valence-corrected chi connectivity index (χ0v) is 10.5. The van der Waals surface area contributed by atoms with Gasteiger partial charge in [-0.3, -0.25) is 10.1 Å². The first kappa shape index (κ1) is 12.5. The summed E-state index contributed by atoms with van der Waals surface area (Å²) < 4.78 is 0. The fraction of sp³-hybridized carbons (Fsp3) is 0. The zero-order chi connectivity index (χ0) is 13.1. The Bertz CT molecular complexity index is 598. The van der Waals surface area contributed by atoms with Crippen molar-refractivity contribution in [1.82, 2.24) is 4.98 Å². The molecule has 0 aliphatic heterocycles. The van der Waals surface area contributed by atoms with Crippen molar-refractivity contribution in [2.24, 2.45) is 0 Å². The van der Waals surface area contributed by atoms with Crippen molar-refractivity contribution in [3.05, 3.63) is 45.9 Å². The Morgan fingerprint density at radius 3 is 2.50 bits per heavy atom. The molecule has 5 nitrogen and oxygen atoms in total. The number of benzene rings is 1. The second-order valence-corrected chi connectivity index (χ2v) is 4.62. The first-order chi connectivity index (χ1) is 8.58. The molecule has 1 aromatic carbocycles. The molecule has 2 N–H and O–H groups in total. The average molecular weight is 283 g/mol. The molecule has 2 aromatic rings. The predicted molar refractivity (Wildman–Crippen MR) is 68.5 cm³/mol. The number of hydrogen-bond donors (Lipinski definition) is 2. The normalized spacial score (nSPS) is 10.1. The fourth-order valence-electron chi connectivity index (χ4n) is 1.25. The van der Waals surface area contributed by atoms with Crippen LogP contribution in [0.25, 0.3) is 0 Å². The summed E-state index contributed by atoms with van der Waals surface area (Å²) in [7, 11) is 0. The third-order valence-electron chi connectivity index (χ3n) is 2.04. The van der Waals surface area contributed by atoms with Crippen molar-refractivity contribution in [2.45, 2.75) is 0 Å². The summed E-state index contributed by atoms with van der Waals surface area (Å²) in [5.74, 6) is -1.53. The Kier molecular flexibility index (Phi) is 3.59. The van der Waals surface area contributed by atoms with E-state index in [1.807, 2.05) is 0 Å². The molecule has 92 valence electrons. The number of carbonyl (C=O) groups is 2. The number of aromatic nitrogens is 1. The van der Waals surface area contributed by atoms with E-state index in [2.05, 4.69) is 10.3 Å². The maximum atomic E-state index is 11.8. The largest absolute Gasteiger partial charge is 0.477 e. The second kappa shape index (κ2) is 5.16. The molecule has 0 fully saturated rings. The van der Waals surface area contributed by atoms with Gasteiger partial charge in [0.15, 0.2) is 15.2 Å². The van der Waals surface area contributed by atoms with Crippen molar-refractivity contribution >= 4 is 39.9 Å². The number of nitrogens with zero attached hydrogens (tertiary/aromatic N) is 1. The van der Waals surface area contributed by atoms with Crippen molar-refractivity contribution < 1.29 is 14.7 Å². The number of hydrogen-bond acceptors (Lipinski definition) is 4. The fourth-order valence-corrected chi connectivity index (χ4v) is 2.27. The molecule has 1 heterocycles. The van der Waals surface area contributed by atoms with Crippen LogP contribution in [-0.4, -0.2) is 22.0 Å². The molecule has 0 radical (unpaired) electrons. The van der Waals surface area contributed by atoms with Gasteiger partial charge in [0.2, 0.25) is 0 Å². The van der Waals surface area contributed by atoms with E-state index in [1.54, 1.807) is 30.3 Å². The second-order valence-electron chi connectivity index (χ2n) is 3.26. The van der Waals surface area contributed by atoms with Crippen molar-refractivity contribution in [1.29, 1.82) is 0 Å². The monoisotopic (exact) mass is 282 g/mol. The topological polar surface area (TPSA) is 79.3 Å². The van der Waals surface area contributed by atoms with Crippen LogP contribution in [0.2, 0.25) is 5.15 Å². The van der Waals surface area contributed by atoms with Crippen LogP contribution in [0.1, 0.15) is 20.0 Å². The first-order valence-corrected chi connectivity index (χ1v) is 6.03. The molecule has 0 aliphatic rings. The van der Waals surface area contributed by atoms with Crippen molar-refractivity contribution in [3.8, 4) is 0 Å². The molecular weight excluding hydrogens is 276 g/mol. The van der Waals surface area contributed by atoms with Gasteiger partial charge in [-0.25, -0.2) is 9.78 Å². The van der Waals surface area contributed by atoms with Gasteiger partial charge in [0.1, 0.15) is 0 Å². The van der Waals surface area contributed by atoms with E-state index >= 15 is 0 Å². The molecule has 0 saturated carbocycles. The Balaban J connectivity index is 2.18. The van der Waals surface area contributed by atoms with Crippen LogP contribution in [0, 0.1) is 0 Å². The van der Waals surface area contributed by atoms with Gasteiger partial charge in [0.25, 0.3) is 5.91 Å². The quantitative estimate of drug-likeness (QED) is 0.907. The lowest BCUT2D eigenvalue weighted by atomic mass is 10.2. The van der Waals surface area contributed by atoms with Crippen LogP contribution in [-0.2, 0) is 0 Å². The summed E-state index contributed by atoms with van der Waals surface area (Å²) in [6.45, 7) is 0. The number of nitrogens with one attached hydrogen (secondary N) is 1. The Hall–Kier alpha value is -1.92. The molecule has 1 aromatic heterocycles. The lowest BCUT2D eigenvalue weighted by Gasteiger charge is -2.00. The van der Waals surface area contributed by atoms with E-state index in [0.29, 0.717) is 5.56 Å². The van der Waals surface area contributed by atoms with Gasteiger partial charge >= 0.3 is 5.97 Å². The number of thiazole rings is 1. The molecule has 1 amide bonds. The molecular formula is C11H7ClN2O3S. The lowest BCUT2D eigenvalue weighted by Crippen LogP contribution is -2.11. The molecule has 0 saturated heterocycles. The minimum atomic E-state index is -1.17. The summed E-state index contributed by atoms with van der Waals surface area (Å²) >= 11 is 6.45. The van der Waals surface area contributed by atoms with Gasteiger partial charge in [-0.05, 0) is 12.1 Å². The van der Waals surface area contributed by atoms with Crippen LogP contribution in [0.5, 0.6) is 0 Å². The third kappa shape index (κ3) is 2.66. The minimum Gasteiger partial charge on any atom is -0.477 e. The van der Waals surface area contributed by atoms with E-state index in [1.165, 1.54) is 0 Å². The number of carboxylic acid groups (broad SMARTS) is 1. The Morgan fingerprint density at radius 1 is 1.28 bits per heavy atom. The number of rotatable bonds is 3. The number of carboxylic acids is 1. The van der Waals surface area contributed by atoms with E-state index < -0.39 is 5.97 Å². The third-order valence-corrected chi connectivity index (χ3v) is 3.38. The average Bonchev–Trinajstić information content (AvgIpc) is 2.71. The van der Waals surface area contributed by atoms with Gasteiger partial charge in [0.05, 0.1) is 0 Å². The first-order valence-electron chi connectivity index (χ1n) is 4.84. The van der Waals surface area contributed by atoms with Gasteiger partial charge in [-0.15, -0.1) is 0 Å². The summed E-state index contributed by atoms with van der Waals surface area (Å²) in [4.78, 5) is 26.2. The number of halogens is 1. The molecule has 0 aliphatic carbocycles. The number of aromatic carboxylic acids is 1. The smallest absolute Gasteiger partial charge is 0.349 e. The summed E-state index contributed by atoms with van der Waals surface area (Å²) in [6.07, 6.45) is 0. The molecule has 0 atom stereocenters. The van der Waals surface area contributed by atoms with Crippen molar-refractivity contribution in [2.75, 3.05) is 5.32 Å². The number of amides is 1. The van der Waals surface area contributed by atoms with Gasteiger partial charge < -0.3 is 5.11 Å². The van der Waals surface area contributed by atoms with Crippen LogP contribution in [0.3, 0.4) is 0 Å². The Morgan fingerprint density at radius 2 is 1.94 bits per heavy atom.